The Morgan fingerprint density at radius 3 is 2.80 bits per heavy atom. The maximum absolute atomic E-state index is 12.4. The second-order valence-corrected chi connectivity index (χ2v) is 6.97. The molecule has 6 nitrogen and oxygen atoms in total. The van der Waals surface area contributed by atoms with Crippen molar-refractivity contribution in [2.45, 2.75) is 12.6 Å². The molecule has 1 N–H and O–H groups in total. The van der Waals surface area contributed by atoms with Crippen molar-refractivity contribution in [3.8, 4) is 0 Å². The molecule has 0 radical (unpaired) electrons. The fraction of sp³-hybridized carbons (Fsp3) is 0.278. The summed E-state index contributed by atoms with van der Waals surface area (Å²) in [5.74, 6) is -0.206. The number of hydrogen-bond donors (Lipinski definition) is 1. The van der Waals surface area contributed by atoms with Crippen LogP contribution in [0.15, 0.2) is 52.9 Å². The maximum Gasteiger partial charge on any atom is 0.261 e. The number of carbonyl (C=O) groups excluding carboxylic acids is 1. The zero-order chi connectivity index (χ0) is 17.8. The number of thiophene rings is 1. The van der Waals surface area contributed by atoms with Crippen LogP contribution in [-0.2, 0) is 11.3 Å². The standard InChI is InChI=1S/C18H20N4O2S/c1-21(2)15(16-8-5-9-25-16)10-19-17(23)11-22-12-20-14-7-4-3-6-13(14)18(22)24/h3-9,12,15H,10-11H2,1-2H3,(H,19,23)/t15-/m0/s1. The molecule has 130 valence electrons. The fourth-order valence-electron chi connectivity index (χ4n) is 2.66. The Labute approximate surface area is 149 Å². The molecular weight excluding hydrogens is 336 g/mol. The molecule has 7 heteroatoms. The average Bonchev–Trinajstić information content (AvgIpc) is 3.12. The van der Waals surface area contributed by atoms with E-state index in [0.29, 0.717) is 17.4 Å². The van der Waals surface area contributed by atoms with Crippen molar-refractivity contribution in [3.05, 3.63) is 63.3 Å². The van der Waals surface area contributed by atoms with E-state index in [1.165, 1.54) is 15.8 Å². The van der Waals surface area contributed by atoms with Gasteiger partial charge in [0.1, 0.15) is 6.54 Å². The summed E-state index contributed by atoms with van der Waals surface area (Å²) in [6, 6.07) is 11.3. The minimum absolute atomic E-state index is 0.0404. The molecule has 3 rings (SSSR count). The number of rotatable bonds is 6. The van der Waals surface area contributed by atoms with Gasteiger partial charge in [-0.05, 0) is 37.7 Å². The summed E-state index contributed by atoms with van der Waals surface area (Å²) < 4.78 is 1.34. The van der Waals surface area contributed by atoms with Crippen LogP contribution in [0.1, 0.15) is 10.9 Å². The van der Waals surface area contributed by atoms with Gasteiger partial charge in [0.15, 0.2) is 0 Å². The van der Waals surface area contributed by atoms with Gasteiger partial charge in [0.05, 0.1) is 23.3 Å². The monoisotopic (exact) mass is 356 g/mol. The zero-order valence-corrected chi connectivity index (χ0v) is 15.0. The van der Waals surface area contributed by atoms with E-state index in [1.807, 2.05) is 31.6 Å². The number of hydrogen-bond acceptors (Lipinski definition) is 5. The number of nitrogens with one attached hydrogen (secondary N) is 1. The summed E-state index contributed by atoms with van der Waals surface area (Å²) in [4.78, 5) is 32.2. The highest BCUT2D eigenvalue weighted by atomic mass is 32.1. The second kappa shape index (κ2) is 7.58. The summed E-state index contributed by atoms with van der Waals surface area (Å²) >= 11 is 1.66. The lowest BCUT2D eigenvalue weighted by Crippen LogP contribution is -2.37. The summed E-state index contributed by atoms with van der Waals surface area (Å²) in [5.41, 5.74) is 0.428. The van der Waals surface area contributed by atoms with Crippen molar-refractivity contribution in [2.24, 2.45) is 0 Å². The highest BCUT2D eigenvalue weighted by Crippen LogP contribution is 2.22. The van der Waals surface area contributed by atoms with Crippen molar-refractivity contribution in [1.82, 2.24) is 19.8 Å². The van der Waals surface area contributed by atoms with Gasteiger partial charge in [-0.15, -0.1) is 11.3 Å². The molecule has 1 amide bonds. The summed E-state index contributed by atoms with van der Waals surface area (Å²) in [6.45, 7) is 0.448. The number of carbonyl (C=O) groups is 1. The van der Waals surface area contributed by atoms with Gasteiger partial charge >= 0.3 is 0 Å². The second-order valence-electron chi connectivity index (χ2n) is 5.99. The number of fused-ring (bicyclic) bond motifs is 1. The number of aromatic nitrogens is 2. The molecule has 1 aromatic carbocycles. The lowest BCUT2D eigenvalue weighted by Gasteiger charge is -2.23. The van der Waals surface area contributed by atoms with Crippen molar-refractivity contribution in [2.75, 3.05) is 20.6 Å². The number of para-hydroxylation sites is 1. The molecule has 0 saturated heterocycles. The van der Waals surface area contributed by atoms with Gasteiger partial charge < -0.3 is 10.2 Å². The molecule has 0 spiro atoms. The molecule has 0 unspecified atom stereocenters. The van der Waals surface area contributed by atoms with Crippen molar-refractivity contribution >= 4 is 28.1 Å². The van der Waals surface area contributed by atoms with Crippen molar-refractivity contribution in [1.29, 1.82) is 0 Å². The third-order valence-corrected chi connectivity index (χ3v) is 5.01. The first-order valence-electron chi connectivity index (χ1n) is 7.97. The maximum atomic E-state index is 12.4. The topological polar surface area (TPSA) is 67.2 Å². The first-order valence-corrected chi connectivity index (χ1v) is 8.85. The van der Waals surface area contributed by atoms with E-state index in [0.717, 1.165) is 0 Å². The van der Waals surface area contributed by atoms with Crippen LogP contribution in [-0.4, -0.2) is 41.0 Å². The highest BCUT2D eigenvalue weighted by molar-refractivity contribution is 7.10. The lowest BCUT2D eigenvalue weighted by atomic mass is 10.2. The molecule has 2 aromatic heterocycles. The lowest BCUT2D eigenvalue weighted by molar-refractivity contribution is -0.121. The van der Waals surface area contributed by atoms with Gasteiger partial charge in [-0.1, -0.05) is 18.2 Å². The highest BCUT2D eigenvalue weighted by Gasteiger charge is 2.16. The molecule has 0 bridgehead atoms. The Morgan fingerprint density at radius 2 is 2.08 bits per heavy atom. The first kappa shape index (κ1) is 17.3. The Hall–Kier alpha value is -2.51. The summed E-state index contributed by atoms with van der Waals surface area (Å²) in [7, 11) is 3.96. The SMILES string of the molecule is CN(C)[C@@H](CNC(=O)Cn1cnc2ccccc2c1=O)c1cccs1. The van der Waals surface area contributed by atoms with Crippen LogP contribution in [0.2, 0.25) is 0 Å². The molecule has 0 fully saturated rings. The van der Waals surface area contributed by atoms with Crippen LogP contribution in [0, 0.1) is 0 Å². The average molecular weight is 356 g/mol. The number of likely N-dealkylation sites (N-methyl/N-ethyl adjacent to an activating group) is 1. The van der Waals surface area contributed by atoms with E-state index < -0.39 is 0 Å². The number of benzene rings is 1. The number of amides is 1. The third-order valence-electron chi connectivity index (χ3n) is 4.03. The molecule has 0 aliphatic heterocycles. The molecule has 3 aromatic rings. The first-order chi connectivity index (χ1) is 12.1. The van der Waals surface area contributed by atoms with Crippen LogP contribution >= 0.6 is 11.3 Å². The number of nitrogens with zero attached hydrogens (tertiary/aromatic N) is 3. The van der Waals surface area contributed by atoms with Gasteiger partial charge in [0.2, 0.25) is 5.91 Å². The van der Waals surface area contributed by atoms with Gasteiger partial charge in [-0.3, -0.25) is 14.2 Å². The van der Waals surface area contributed by atoms with Crippen LogP contribution in [0.3, 0.4) is 0 Å². The van der Waals surface area contributed by atoms with E-state index >= 15 is 0 Å². The molecule has 2 heterocycles. The van der Waals surface area contributed by atoms with Crippen LogP contribution in [0.4, 0.5) is 0 Å². The van der Waals surface area contributed by atoms with Gasteiger partial charge in [-0.25, -0.2) is 4.98 Å². The predicted molar refractivity (Wildman–Crippen MR) is 99.8 cm³/mol. The van der Waals surface area contributed by atoms with Crippen LogP contribution in [0.25, 0.3) is 10.9 Å². The van der Waals surface area contributed by atoms with E-state index in [-0.39, 0.29) is 24.1 Å². The quantitative estimate of drug-likeness (QED) is 0.732. The normalized spacial score (nSPS) is 12.4. The van der Waals surface area contributed by atoms with Gasteiger partial charge in [0.25, 0.3) is 5.56 Å². The Balaban J connectivity index is 1.68. The Morgan fingerprint density at radius 1 is 1.28 bits per heavy atom. The predicted octanol–water partition coefficient (Wildman–Crippen LogP) is 1.88. The Kier molecular flexibility index (Phi) is 5.25. The van der Waals surface area contributed by atoms with E-state index in [4.69, 9.17) is 0 Å². The Bertz CT molecular complexity index is 918. The zero-order valence-electron chi connectivity index (χ0n) is 14.2. The van der Waals surface area contributed by atoms with Crippen LogP contribution < -0.4 is 10.9 Å². The summed E-state index contributed by atoms with van der Waals surface area (Å²) in [6.07, 6.45) is 1.42. The van der Waals surface area contributed by atoms with Crippen LogP contribution in [0.5, 0.6) is 0 Å². The van der Waals surface area contributed by atoms with E-state index in [9.17, 15) is 9.59 Å². The molecule has 1 atom stereocenters. The third kappa shape index (κ3) is 3.94. The largest absolute Gasteiger partial charge is 0.353 e. The fourth-order valence-corrected chi connectivity index (χ4v) is 3.58. The minimum Gasteiger partial charge on any atom is -0.353 e. The smallest absolute Gasteiger partial charge is 0.261 e. The van der Waals surface area contributed by atoms with E-state index in [2.05, 4.69) is 21.3 Å². The minimum atomic E-state index is -0.206. The van der Waals surface area contributed by atoms with E-state index in [1.54, 1.807) is 29.5 Å². The molecule has 25 heavy (non-hydrogen) atoms. The van der Waals surface area contributed by atoms with Crippen molar-refractivity contribution < 1.29 is 4.79 Å². The molecular formula is C18H20N4O2S. The molecule has 0 aliphatic carbocycles. The molecule has 0 aliphatic rings. The summed E-state index contributed by atoms with van der Waals surface area (Å²) in [5, 5.41) is 5.45. The van der Waals surface area contributed by atoms with Gasteiger partial charge in [0, 0.05) is 11.4 Å². The van der Waals surface area contributed by atoms with Crippen molar-refractivity contribution in [3.63, 3.8) is 0 Å². The van der Waals surface area contributed by atoms with Gasteiger partial charge in [-0.2, -0.15) is 0 Å². The molecule has 0 saturated carbocycles.